The van der Waals surface area contributed by atoms with E-state index in [1.165, 1.54) is 0 Å². The molecule has 2 rings (SSSR count). The van der Waals surface area contributed by atoms with Crippen LogP contribution in [0.5, 0.6) is 0 Å². The maximum atomic E-state index is 11.6. The zero-order valence-corrected chi connectivity index (χ0v) is 9.02. The van der Waals surface area contributed by atoms with E-state index in [-0.39, 0.29) is 18.6 Å². The Hall–Kier alpha value is -0.450. The molecule has 0 aromatic heterocycles. The summed E-state index contributed by atoms with van der Waals surface area (Å²) in [7, 11) is 0. The quantitative estimate of drug-likeness (QED) is 0.719. The molecule has 1 N–H and O–H groups in total. The van der Waals surface area contributed by atoms with E-state index in [1.54, 1.807) is 0 Å². The summed E-state index contributed by atoms with van der Waals surface area (Å²) in [6, 6.07) is 0.264. The van der Waals surface area contributed by atoms with E-state index < -0.39 is 0 Å². The van der Waals surface area contributed by atoms with E-state index in [4.69, 9.17) is 4.74 Å². The molecule has 0 saturated carbocycles. The summed E-state index contributed by atoms with van der Waals surface area (Å²) in [6.07, 6.45) is 2.74. The maximum absolute atomic E-state index is 11.6. The van der Waals surface area contributed by atoms with Crippen LogP contribution in [0.3, 0.4) is 0 Å². The minimum absolute atomic E-state index is 0.0332. The molecular formula is C11H19NO3. The molecule has 4 heteroatoms. The van der Waals surface area contributed by atoms with Crippen molar-refractivity contribution in [1.29, 1.82) is 0 Å². The summed E-state index contributed by atoms with van der Waals surface area (Å²) in [5, 5.41) is 9.17. The van der Waals surface area contributed by atoms with Gasteiger partial charge in [0.15, 0.2) is 0 Å². The molecule has 15 heavy (non-hydrogen) atoms. The molecule has 2 heterocycles. The third kappa shape index (κ3) is 2.56. The fraction of sp³-hybridized carbons (Fsp3) is 0.909. The van der Waals surface area contributed by atoms with E-state index in [9.17, 15) is 9.90 Å². The third-order valence-electron chi connectivity index (χ3n) is 3.43. The van der Waals surface area contributed by atoms with Gasteiger partial charge in [-0.3, -0.25) is 9.69 Å². The number of rotatable bonds is 3. The molecule has 0 aliphatic carbocycles. The van der Waals surface area contributed by atoms with Crippen molar-refractivity contribution >= 4 is 5.78 Å². The Balaban J connectivity index is 1.86. The number of carbonyl (C=O) groups excluding carboxylic acids is 1. The van der Waals surface area contributed by atoms with Crippen molar-refractivity contribution in [1.82, 2.24) is 4.90 Å². The van der Waals surface area contributed by atoms with Gasteiger partial charge in [-0.2, -0.15) is 0 Å². The van der Waals surface area contributed by atoms with Gasteiger partial charge in [-0.05, 0) is 19.4 Å². The molecule has 0 amide bonds. The average molecular weight is 213 g/mol. The van der Waals surface area contributed by atoms with Crippen LogP contribution >= 0.6 is 0 Å². The highest BCUT2D eigenvalue weighted by atomic mass is 16.5. The first kappa shape index (κ1) is 11.0. The molecular weight excluding hydrogens is 194 g/mol. The summed E-state index contributed by atoms with van der Waals surface area (Å²) in [5.41, 5.74) is 0. The lowest BCUT2D eigenvalue weighted by atomic mass is 10.00. The molecule has 2 aliphatic rings. The van der Waals surface area contributed by atoms with Crippen LogP contribution in [-0.4, -0.2) is 54.7 Å². The van der Waals surface area contributed by atoms with Crippen LogP contribution in [0.2, 0.25) is 0 Å². The summed E-state index contributed by atoms with van der Waals surface area (Å²) in [5.74, 6) is 0.357. The summed E-state index contributed by atoms with van der Waals surface area (Å²) < 4.78 is 5.32. The Bertz CT molecular complexity index is 232. The topological polar surface area (TPSA) is 49.8 Å². The minimum Gasteiger partial charge on any atom is -0.395 e. The van der Waals surface area contributed by atoms with Crippen molar-refractivity contribution < 1.29 is 14.6 Å². The molecule has 2 atom stereocenters. The third-order valence-corrected chi connectivity index (χ3v) is 3.43. The van der Waals surface area contributed by atoms with E-state index in [2.05, 4.69) is 4.90 Å². The second-order valence-corrected chi connectivity index (χ2v) is 4.46. The lowest BCUT2D eigenvalue weighted by Gasteiger charge is -2.29. The maximum Gasteiger partial charge on any atom is 0.141 e. The number of Topliss-reactive ketones (excluding diaryl/α,β-unsaturated/α-hetero) is 1. The number of likely N-dealkylation sites (tertiary alicyclic amines) is 1. The van der Waals surface area contributed by atoms with Crippen LogP contribution in [0, 0.1) is 5.92 Å². The molecule has 2 saturated heterocycles. The minimum atomic E-state index is 0.0332. The van der Waals surface area contributed by atoms with Gasteiger partial charge in [-0.25, -0.2) is 0 Å². The molecule has 0 bridgehead atoms. The Morgan fingerprint density at radius 2 is 2.40 bits per heavy atom. The summed E-state index contributed by atoms with van der Waals surface area (Å²) >= 11 is 0. The van der Waals surface area contributed by atoms with E-state index in [0.29, 0.717) is 25.4 Å². The van der Waals surface area contributed by atoms with E-state index in [1.807, 2.05) is 0 Å². The fourth-order valence-electron chi connectivity index (χ4n) is 2.48. The van der Waals surface area contributed by atoms with Crippen molar-refractivity contribution in [2.24, 2.45) is 5.92 Å². The second-order valence-electron chi connectivity index (χ2n) is 4.46. The summed E-state index contributed by atoms with van der Waals surface area (Å²) in [4.78, 5) is 13.8. The highest BCUT2D eigenvalue weighted by molar-refractivity contribution is 5.82. The van der Waals surface area contributed by atoms with Gasteiger partial charge in [0.1, 0.15) is 5.78 Å². The van der Waals surface area contributed by atoms with Crippen LogP contribution in [-0.2, 0) is 9.53 Å². The van der Waals surface area contributed by atoms with Crippen molar-refractivity contribution in [3.05, 3.63) is 0 Å². The van der Waals surface area contributed by atoms with Gasteiger partial charge >= 0.3 is 0 Å². The standard InChI is InChI=1S/C11H19NO3/c13-7-10-2-1-4-12(10)6-9-8-15-5-3-11(9)14/h9-10,13H,1-8H2/t9?,10-/m0/s1. The smallest absolute Gasteiger partial charge is 0.141 e. The first-order valence-electron chi connectivity index (χ1n) is 5.76. The number of hydrogen-bond donors (Lipinski definition) is 1. The molecule has 0 aromatic rings. The normalized spacial score (nSPS) is 33.5. The highest BCUT2D eigenvalue weighted by Gasteiger charge is 2.30. The Labute approximate surface area is 90.2 Å². The fourth-order valence-corrected chi connectivity index (χ4v) is 2.48. The average Bonchev–Trinajstić information content (AvgIpc) is 2.69. The van der Waals surface area contributed by atoms with Gasteiger partial charge in [0.05, 0.1) is 25.7 Å². The molecule has 2 fully saturated rings. The molecule has 86 valence electrons. The Kier molecular flexibility index (Phi) is 3.72. The van der Waals surface area contributed by atoms with Gasteiger partial charge in [0, 0.05) is 19.0 Å². The summed E-state index contributed by atoms with van der Waals surface area (Å²) in [6.45, 7) is 3.13. The van der Waals surface area contributed by atoms with Crippen LogP contribution in [0.4, 0.5) is 0 Å². The lowest BCUT2D eigenvalue weighted by molar-refractivity contribution is -0.131. The van der Waals surface area contributed by atoms with Gasteiger partial charge in [0.25, 0.3) is 0 Å². The van der Waals surface area contributed by atoms with E-state index in [0.717, 1.165) is 25.9 Å². The highest BCUT2D eigenvalue weighted by Crippen LogP contribution is 2.20. The molecule has 4 nitrogen and oxygen atoms in total. The van der Waals surface area contributed by atoms with Gasteiger partial charge in [0.2, 0.25) is 0 Å². The van der Waals surface area contributed by atoms with Crippen LogP contribution in [0.15, 0.2) is 0 Å². The zero-order valence-electron chi connectivity index (χ0n) is 9.02. The number of nitrogens with zero attached hydrogens (tertiary/aromatic N) is 1. The number of aliphatic hydroxyl groups excluding tert-OH is 1. The number of ketones is 1. The number of aliphatic hydroxyl groups is 1. The van der Waals surface area contributed by atoms with Crippen LogP contribution < -0.4 is 0 Å². The second kappa shape index (κ2) is 5.05. The van der Waals surface area contributed by atoms with Crippen molar-refractivity contribution in [2.45, 2.75) is 25.3 Å². The number of ether oxygens (including phenoxy) is 1. The van der Waals surface area contributed by atoms with Crippen molar-refractivity contribution in [3.63, 3.8) is 0 Å². The molecule has 1 unspecified atom stereocenters. The monoisotopic (exact) mass is 213 g/mol. The SMILES string of the molecule is O=C1CCOCC1CN1CCC[C@H]1CO. The van der Waals surface area contributed by atoms with Gasteiger partial charge in [-0.1, -0.05) is 0 Å². The van der Waals surface area contributed by atoms with Crippen LogP contribution in [0.1, 0.15) is 19.3 Å². The number of carbonyl (C=O) groups is 1. The van der Waals surface area contributed by atoms with E-state index >= 15 is 0 Å². The molecule has 0 aromatic carbocycles. The molecule has 2 aliphatic heterocycles. The van der Waals surface area contributed by atoms with Gasteiger partial charge < -0.3 is 9.84 Å². The Morgan fingerprint density at radius 3 is 3.13 bits per heavy atom. The first-order chi connectivity index (χ1) is 7.31. The number of hydrogen-bond acceptors (Lipinski definition) is 4. The lowest BCUT2D eigenvalue weighted by Crippen LogP contribution is -2.41. The van der Waals surface area contributed by atoms with Crippen LogP contribution in [0.25, 0.3) is 0 Å². The molecule has 0 spiro atoms. The van der Waals surface area contributed by atoms with Crippen molar-refractivity contribution in [2.75, 3.05) is 32.9 Å². The predicted molar refractivity (Wildman–Crippen MR) is 55.6 cm³/mol. The van der Waals surface area contributed by atoms with Crippen molar-refractivity contribution in [3.8, 4) is 0 Å². The first-order valence-corrected chi connectivity index (χ1v) is 5.76. The largest absolute Gasteiger partial charge is 0.395 e. The predicted octanol–water partition coefficient (Wildman–Crippen LogP) is 0.0487. The van der Waals surface area contributed by atoms with Gasteiger partial charge in [-0.15, -0.1) is 0 Å². The zero-order chi connectivity index (χ0) is 10.7. The Morgan fingerprint density at radius 1 is 1.53 bits per heavy atom. The molecule has 0 radical (unpaired) electrons.